The molecule has 0 fully saturated rings. The van der Waals surface area contributed by atoms with Gasteiger partial charge in [-0.1, -0.05) is 0 Å². The van der Waals surface area contributed by atoms with E-state index >= 15 is 0 Å². The molecule has 3 N–H and O–H groups in total. The number of rotatable bonds is 6. The van der Waals surface area contributed by atoms with Crippen molar-refractivity contribution < 1.29 is 18.5 Å². The maximum atomic E-state index is 11.9. The lowest BCUT2D eigenvalue weighted by Crippen LogP contribution is -2.44. The minimum Gasteiger partial charge on any atom is -0.466 e. The summed E-state index contributed by atoms with van der Waals surface area (Å²) in [7, 11) is -1.01. The second kappa shape index (κ2) is 7.49. The summed E-state index contributed by atoms with van der Waals surface area (Å²) in [5.74, 6) is 1.75. The lowest BCUT2D eigenvalue weighted by Gasteiger charge is -2.23. The molecule has 0 spiro atoms. The first-order valence-electron chi connectivity index (χ1n) is 7.63. The Morgan fingerprint density at radius 1 is 1.26 bits per heavy atom. The van der Waals surface area contributed by atoms with Crippen molar-refractivity contribution in [2.24, 2.45) is 0 Å². The van der Waals surface area contributed by atoms with Gasteiger partial charge in [0.15, 0.2) is 0 Å². The van der Waals surface area contributed by atoms with Gasteiger partial charge < -0.3 is 20.2 Å². The summed E-state index contributed by atoms with van der Waals surface area (Å²) in [5, 5.41) is 15.8. The number of carbonyl (C=O) groups is 1. The molecule has 0 radical (unpaired) electrons. The summed E-state index contributed by atoms with van der Waals surface area (Å²) in [6, 6.07) is 1.37. The number of furan rings is 1. The van der Waals surface area contributed by atoms with Gasteiger partial charge in [0.25, 0.3) is 0 Å². The van der Waals surface area contributed by atoms with Crippen LogP contribution in [0, 0.1) is 13.8 Å². The first kappa shape index (κ1) is 19.7. The smallest absolute Gasteiger partial charge is 0.314 e. The number of aryl methyl sites for hydroxylation is 2. The highest BCUT2D eigenvalue weighted by Crippen LogP contribution is 2.26. The van der Waals surface area contributed by atoms with E-state index in [2.05, 4.69) is 10.6 Å². The van der Waals surface area contributed by atoms with E-state index in [0.717, 1.165) is 0 Å². The molecule has 0 saturated carbocycles. The van der Waals surface area contributed by atoms with Gasteiger partial charge in [-0.05, 0) is 47.6 Å². The molecule has 0 bridgehead atoms. The van der Waals surface area contributed by atoms with E-state index in [9.17, 15) is 14.1 Å². The molecule has 7 heteroatoms. The van der Waals surface area contributed by atoms with Gasteiger partial charge in [0, 0.05) is 33.4 Å². The first-order valence-corrected chi connectivity index (χ1v) is 8.95. The van der Waals surface area contributed by atoms with Crippen LogP contribution < -0.4 is 10.6 Å². The highest BCUT2D eigenvalue weighted by molar-refractivity contribution is 7.86. The topological polar surface area (TPSA) is 91.6 Å². The van der Waals surface area contributed by atoms with Crippen LogP contribution in [0.1, 0.15) is 44.8 Å². The van der Waals surface area contributed by atoms with E-state index in [4.69, 9.17) is 4.42 Å². The summed E-state index contributed by atoms with van der Waals surface area (Å²) in [4.78, 5) is 11.8. The molecule has 2 unspecified atom stereocenters. The van der Waals surface area contributed by atoms with Gasteiger partial charge in [-0.25, -0.2) is 4.79 Å². The zero-order valence-corrected chi connectivity index (χ0v) is 15.6. The van der Waals surface area contributed by atoms with Crippen molar-refractivity contribution in [2.45, 2.75) is 51.9 Å². The van der Waals surface area contributed by atoms with Crippen LogP contribution in [0.5, 0.6) is 0 Å². The molecule has 6 nitrogen and oxygen atoms in total. The van der Waals surface area contributed by atoms with Gasteiger partial charge in [-0.15, -0.1) is 0 Å². The number of urea groups is 1. The van der Waals surface area contributed by atoms with Crippen LogP contribution >= 0.6 is 0 Å². The van der Waals surface area contributed by atoms with E-state index in [1.54, 1.807) is 19.9 Å². The Morgan fingerprint density at radius 2 is 1.87 bits per heavy atom. The summed E-state index contributed by atoms with van der Waals surface area (Å²) in [5.41, 5.74) is -0.558. The molecule has 132 valence electrons. The zero-order valence-electron chi connectivity index (χ0n) is 14.8. The fourth-order valence-electron chi connectivity index (χ4n) is 2.14. The Balaban J connectivity index is 2.44. The van der Waals surface area contributed by atoms with Crippen LogP contribution in [0.3, 0.4) is 0 Å². The van der Waals surface area contributed by atoms with Crippen molar-refractivity contribution in [3.05, 3.63) is 23.2 Å². The molecule has 23 heavy (non-hydrogen) atoms. The third-order valence-corrected chi connectivity index (χ3v) is 5.41. The molecular weight excluding hydrogens is 316 g/mol. The van der Waals surface area contributed by atoms with Crippen LogP contribution in [0.15, 0.2) is 10.5 Å². The van der Waals surface area contributed by atoms with Crippen molar-refractivity contribution in [1.29, 1.82) is 0 Å². The number of aliphatic hydroxyl groups is 1. The predicted molar refractivity (Wildman–Crippen MR) is 91.9 cm³/mol. The molecule has 1 aromatic heterocycles. The minimum atomic E-state index is -1.21. The molecule has 0 aliphatic heterocycles. The molecule has 2 atom stereocenters. The summed E-state index contributed by atoms with van der Waals surface area (Å²) >= 11 is 0. The Hall–Kier alpha value is -1.34. The number of hydrogen-bond acceptors (Lipinski definition) is 4. The quantitative estimate of drug-likeness (QED) is 0.735. The number of carbonyl (C=O) groups excluding carboxylic acids is 1. The van der Waals surface area contributed by atoms with E-state index < -0.39 is 22.4 Å². The van der Waals surface area contributed by atoms with Gasteiger partial charge in [0.1, 0.15) is 17.1 Å². The lowest BCUT2D eigenvalue weighted by atomic mass is 9.96. The molecule has 1 heterocycles. The Bertz CT molecular complexity index is 573. The molecule has 1 aromatic rings. The first-order chi connectivity index (χ1) is 10.4. The largest absolute Gasteiger partial charge is 0.466 e. The predicted octanol–water partition coefficient (Wildman–Crippen LogP) is 1.95. The van der Waals surface area contributed by atoms with Gasteiger partial charge in [-0.2, -0.15) is 0 Å². The highest BCUT2D eigenvalue weighted by atomic mass is 32.2. The molecule has 0 saturated heterocycles. The van der Waals surface area contributed by atoms with Crippen LogP contribution in [0.2, 0.25) is 0 Å². The van der Waals surface area contributed by atoms with Crippen LogP contribution in [-0.4, -0.2) is 38.9 Å². The second-order valence-corrected chi connectivity index (χ2v) is 9.20. The lowest BCUT2D eigenvalue weighted by molar-refractivity contribution is 0.0579. The normalized spacial score (nSPS) is 15.8. The molecule has 0 aliphatic rings. The van der Waals surface area contributed by atoms with Gasteiger partial charge in [0.05, 0.1) is 6.54 Å². The third-order valence-electron chi connectivity index (χ3n) is 3.47. The van der Waals surface area contributed by atoms with E-state index in [1.807, 2.05) is 27.7 Å². The second-order valence-electron chi connectivity index (χ2n) is 6.87. The number of amides is 2. The summed E-state index contributed by atoms with van der Waals surface area (Å²) in [6.07, 6.45) is 0. The molecular formula is C16H28N2O4S. The Morgan fingerprint density at radius 3 is 2.35 bits per heavy atom. The van der Waals surface area contributed by atoms with Crippen molar-refractivity contribution in [1.82, 2.24) is 10.6 Å². The fraction of sp³-hybridized carbons (Fsp3) is 0.688. The van der Waals surface area contributed by atoms with Crippen LogP contribution in [-0.2, 0) is 16.4 Å². The SMILES string of the molecule is Cc1cc(C(C)(O)CNC(=O)NCCS(=O)C(C)(C)C)c(C)o1. The van der Waals surface area contributed by atoms with E-state index in [1.165, 1.54) is 0 Å². The summed E-state index contributed by atoms with van der Waals surface area (Å²) < 4.78 is 17.0. The third kappa shape index (κ3) is 5.99. The average Bonchev–Trinajstić information content (AvgIpc) is 2.75. The molecule has 1 rings (SSSR count). The number of nitrogens with one attached hydrogen (secondary N) is 2. The average molecular weight is 344 g/mol. The van der Waals surface area contributed by atoms with Gasteiger partial charge >= 0.3 is 6.03 Å². The van der Waals surface area contributed by atoms with E-state index in [0.29, 0.717) is 29.4 Å². The van der Waals surface area contributed by atoms with Gasteiger partial charge in [0.2, 0.25) is 0 Å². The van der Waals surface area contributed by atoms with Crippen molar-refractivity contribution in [2.75, 3.05) is 18.8 Å². The minimum absolute atomic E-state index is 0.0566. The maximum Gasteiger partial charge on any atom is 0.314 e. The molecule has 2 amide bonds. The monoisotopic (exact) mass is 344 g/mol. The molecule has 0 aliphatic carbocycles. The standard InChI is InChI=1S/C16H28N2O4S/c1-11-9-13(12(2)22-11)16(6,20)10-18-14(19)17-7-8-23(21)15(3,4)5/h9,20H,7-8,10H2,1-6H3,(H2,17,18,19). The Labute approximate surface area is 140 Å². The van der Waals surface area contributed by atoms with Crippen LogP contribution in [0.25, 0.3) is 0 Å². The zero-order chi connectivity index (χ0) is 17.8. The van der Waals surface area contributed by atoms with E-state index in [-0.39, 0.29) is 11.3 Å². The van der Waals surface area contributed by atoms with Gasteiger partial charge in [-0.3, -0.25) is 4.21 Å². The van der Waals surface area contributed by atoms with Crippen molar-refractivity contribution in [3.8, 4) is 0 Å². The van der Waals surface area contributed by atoms with Crippen molar-refractivity contribution in [3.63, 3.8) is 0 Å². The summed E-state index contributed by atoms with van der Waals surface area (Å²) in [6.45, 7) is 11.3. The number of hydrogen-bond donors (Lipinski definition) is 3. The maximum absolute atomic E-state index is 11.9. The fourth-order valence-corrected chi connectivity index (χ4v) is 3.04. The molecule has 0 aromatic carbocycles. The highest BCUT2D eigenvalue weighted by Gasteiger charge is 2.28. The van der Waals surface area contributed by atoms with Crippen molar-refractivity contribution >= 4 is 16.8 Å². The Kier molecular flexibility index (Phi) is 6.41. The van der Waals surface area contributed by atoms with Crippen LogP contribution in [0.4, 0.5) is 4.79 Å².